The van der Waals surface area contributed by atoms with Gasteiger partial charge in [0.2, 0.25) is 0 Å². The van der Waals surface area contributed by atoms with Crippen molar-refractivity contribution in [1.29, 1.82) is 0 Å². The molecule has 0 amide bonds. The van der Waals surface area contributed by atoms with Crippen LogP contribution in [0.4, 0.5) is 0 Å². The Kier molecular flexibility index (Phi) is 2.91. The first-order valence-corrected chi connectivity index (χ1v) is 5.02. The van der Waals surface area contributed by atoms with Crippen LogP contribution in [-0.2, 0) is 4.74 Å². The van der Waals surface area contributed by atoms with E-state index in [2.05, 4.69) is 0 Å². The maximum Gasteiger partial charge on any atom is 0.124 e. The Balaban J connectivity index is 3.16. The second kappa shape index (κ2) is 3.40. The van der Waals surface area contributed by atoms with Crippen LogP contribution in [-0.4, -0.2) is 56.0 Å². The minimum atomic E-state index is -1.76. The Morgan fingerprint density at radius 2 is 1.53 bits per heavy atom. The number of hydrogen-bond donors (Lipinski definition) is 4. The molecule has 4 N–H and O–H groups in total. The lowest BCUT2D eigenvalue weighted by Gasteiger charge is -2.57. The molecule has 5 unspecified atom stereocenters. The number of ether oxygens (including phenoxy) is 1. The van der Waals surface area contributed by atoms with Gasteiger partial charge < -0.3 is 25.2 Å². The van der Waals surface area contributed by atoms with E-state index < -0.39 is 35.6 Å². The Bertz CT molecular complexity index is 246. The topological polar surface area (TPSA) is 90.2 Å². The minimum absolute atomic E-state index is 0.413. The quantitative estimate of drug-likeness (QED) is 0.456. The third-order valence-corrected chi connectivity index (χ3v) is 3.92. The summed E-state index contributed by atoms with van der Waals surface area (Å²) >= 11 is 0. The molecule has 0 spiro atoms. The van der Waals surface area contributed by atoms with Gasteiger partial charge in [0.05, 0.1) is 12.7 Å². The molecule has 1 aliphatic rings. The number of rotatable bonds is 1. The summed E-state index contributed by atoms with van der Waals surface area (Å²) in [5, 5.41) is 39.5. The molecule has 0 aromatic rings. The van der Waals surface area contributed by atoms with Crippen molar-refractivity contribution in [3.05, 3.63) is 0 Å². The molecule has 1 saturated heterocycles. The van der Waals surface area contributed by atoms with Gasteiger partial charge in [-0.25, -0.2) is 0 Å². The molecule has 0 aromatic carbocycles. The van der Waals surface area contributed by atoms with Gasteiger partial charge in [0.1, 0.15) is 22.9 Å². The molecule has 5 heteroatoms. The lowest BCUT2D eigenvalue weighted by atomic mass is 9.67. The first-order valence-electron chi connectivity index (χ1n) is 5.02. The van der Waals surface area contributed by atoms with Crippen LogP contribution in [0.2, 0.25) is 0 Å². The molecule has 0 aliphatic carbocycles. The highest BCUT2D eigenvalue weighted by Gasteiger charge is 2.64. The standard InChI is InChI=1S/C10H20O5/c1-6-8(2,12)10(4,14)9(3,13)7(5-11)15-6/h6-7,11-14H,5H2,1-4H3. The van der Waals surface area contributed by atoms with E-state index in [9.17, 15) is 15.3 Å². The molecule has 0 radical (unpaired) electrons. The fraction of sp³-hybridized carbons (Fsp3) is 1.00. The summed E-state index contributed by atoms with van der Waals surface area (Å²) in [6.07, 6.45) is -1.59. The summed E-state index contributed by atoms with van der Waals surface area (Å²) in [7, 11) is 0. The summed E-state index contributed by atoms with van der Waals surface area (Å²) in [6, 6.07) is 0. The smallest absolute Gasteiger partial charge is 0.124 e. The van der Waals surface area contributed by atoms with E-state index in [1.165, 1.54) is 20.8 Å². The molecule has 1 heterocycles. The molecule has 1 aliphatic heterocycles. The predicted molar refractivity (Wildman–Crippen MR) is 53.3 cm³/mol. The van der Waals surface area contributed by atoms with Gasteiger partial charge in [0.15, 0.2) is 0 Å². The van der Waals surface area contributed by atoms with Crippen molar-refractivity contribution < 1.29 is 25.2 Å². The monoisotopic (exact) mass is 220 g/mol. The first kappa shape index (κ1) is 12.9. The maximum absolute atomic E-state index is 10.2. The molecule has 90 valence electrons. The lowest BCUT2D eigenvalue weighted by Crippen LogP contribution is -2.76. The van der Waals surface area contributed by atoms with E-state index in [0.29, 0.717) is 0 Å². The van der Waals surface area contributed by atoms with E-state index in [0.717, 1.165) is 0 Å². The van der Waals surface area contributed by atoms with E-state index in [1.54, 1.807) is 6.92 Å². The van der Waals surface area contributed by atoms with Gasteiger partial charge in [-0.15, -0.1) is 0 Å². The second-order valence-electron chi connectivity index (χ2n) is 4.82. The zero-order valence-electron chi connectivity index (χ0n) is 9.56. The molecule has 0 bridgehead atoms. The molecule has 1 fully saturated rings. The Labute approximate surface area is 89.3 Å². The molecule has 15 heavy (non-hydrogen) atoms. The van der Waals surface area contributed by atoms with E-state index in [4.69, 9.17) is 9.84 Å². The van der Waals surface area contributed by atoms with Crippen LogP contribution in [0.25, 0.3) is 0 Å². The van der Waals surface area contributed by atoms with Crippen molar-refractivity contribution in [3.8, 4) is 0 Å². The van der Waals surface area contributed by atoms with Crippen molar-refractivity contribution in [2.24, 2.45) is 0 Å². The van der Waals surface area contributed by atoms with Crippen LogP contribution in [0, 0.1) is 0 Å². The molecule has 1 rings (SSSR count). The maximum atomic E-state index is 10.2. The van der Waals surface area contributed by atoms with Crippen molar-refractivity contribution in [3.63, 3.8) is 0 Å². The van der Waals surface area contributed by atoms with Gasteiger partial charge >= 0.3 is 0 Å². The van der Waals surface area contributed by atoms with E-state index >= 15 is 0 Å². The Hall–Kier alpha value is -0.200. The normalized spacial score (nSPS) is 56.8. The average Bonchev–Trinajstić information content (AvgIpc) is 2.10. The summed E-state index contributed by atoms with van der Waals surface area (Å²) in [6.45, 7) is 5.26. The van der Waals surface area contributed by atoms with Crippen molar-refractivity contribution in [1.82, 2.24) is 0 Å². The highest BCUT2D eigenvalue weighted by Crippen LogP contribution is 2.43. The number of hydrogen-bond acceptors (Lipinski definition) is 5. The highest BCUT2D eigenvalue weighted by molar-refractivity contribution is 5.14. The average molecular weight is 220 g/mol. The van der Waals surface area contributed by atoms with Crippen LogP contribution >= 0.6 is 0 Å². The SMILES string of the molecule is CC1OC(CO)C(C)(O)C(C)(O)C1(C)O. The van der Waals surface area contributed by atoms with Crippen LogP contribution in [0.3, 0.4) is 0 Å². The molecule has 0 aromatic heterocycles. The number of aliphatic hydroxyl groups is 4. The summed E-state index contributed by atoms with van der Waals surface area (Å²) in [5.41, 5.74) is -5.05. The third-order valence-electron chi connectivity index (χ3n) is 3.92. The minimum Gasteiger partial charge on any atom is -0.394 e. The molecule has 5 nitrogen and oxygen atoms in total. The summed E-state index contributed by atoms with van der Waals surface area (Å²) in [4.78, 5) is 0. The lowest BCUT2D eigenvalue weighted by molar-refractivity contribution is -0.340. The zero-order valence-corrected chi connectivity index (χ0v) is 9.56. The van der Waals surface area contributed by atoms with Gasteiger partial charge in [-0.2, -0.15) is 0 Å². The van der Waals surface area contributed by atoms with Gasteiger partial charge in [-0.05, 0) is 27.7 Å². The highest BCUT2D eigenvalue weighted by atomic mass is 16.6. The van der Waals surface area contributed by atoms with Gasteiger partial charge in [0.25, 0.3) is 0 Å². The van der Waals surface area contributed by atoms with Crippen molar-refractivity contribution in [2.45, 2.75) is 56.7 Å². The largest absolute Gasteiger partial charge is 0.394 e. The fourth-order valence-electron chi connectivity index (χ4n) is 1.95. The second-order valence-corrected chi connectivity index (χ2v) is 4.82. The van der Waals surface area contributed by atoms with Gasteiger partial charge in [-0.1, -0.05) is 0 Å². The van der Waals surface area contributed by atoms with Crippen LogP contribution in [0.1, 0.15) is 27.7 Å². The first-order chi connectivity index (χ1) is 6.59. The van der Waals surface area contributed by atoms with Crippen LogP contribution in [0.15, 0.2) is 0 Å². The van der Waals surface area contributed by atoms with Gasteiger partial charge in [-0.3, -0.25) is 0 Å². The summed E-state index contributed by atoms with van der Waals surface area (Å²) in [5.74, 6) is 0. The van der Waals surface area contributed by atoms with Crippen molar-refractivity contribution >= 4 is 0 Å². The molecular formula is C10H20O5. The van der Waals surface area contributed by atoms with E-state index in [-0.39, 0.29) is 0 Å². The molecule has 0 saturated carbocycles. The molecular weight excluding hydrogens is 200 g/mol. The predicted octanol–water partition coefficient (Wildman–Crippen LogP) is -0.981. The zero-order chi connectivity index (χ0) is 12.1. The summed E-state index contributed by atoms with van der Waals surface area (Å²) < 4.78 is 5.29. The van der Waals surface area contributed by atoms with Crippen LogP contribution in [0.5, 0.6) is 0 Å². The third kappa shape index (κ3) is 1.50. The van der Waals surface area contributed by atoms with Crippen LogP contribution < -0.4 is 0 Å². The van der Waals surface area contributed by atoms with E-state index in [1.807, 2.05) is 0 Å². The van der Waals surface area contributed by atoms with Gasteiger partial charge in [0, 0.05) is 0 Å². The number of aliphatic hydroxyl groups excluding tert-OH is 1. The Morgan fingerprint density at radius 1 is 1.07 bits per heavy atom. The fourth-order valence-corrected chi connectivity index (χ4v) is 1.95. The molecule has 5 atom stereocenters. The Morgan fingerprint density at radius 3 is 1.93 bits per heavy atom. The van der Waals surface area contributed by atoms with Crippen molar-refractivity contribution in [2.75, 3.05) is 6.61 Å².